The molecule has 0 amide bonds. The number of hydrogen-bond acceptors (Lipinski definition) is 7. The van der Waals surface area contributed by atoms with Gasteiger partial charge in [-0.1, -0.05) is 155 Å². The monoisotopic (exact) mass is 732 g/mol. The van der Waals surface area contributed by atoms with Crippen LogP contribution in [0.15, 0.2) is 18.2 Å². The Bertz CT molecular complexity index is 954. The normalized spacial score (nSPS) is 11.1. The molecule has 0 aliphatic carbocycles. The lowest BCUT2D eigenvalue weighted by Gasteiger charge is -2.14. The first-order valence-electron chi connectivity index (χ1n) is 22.0. The molecule has 0 saturated carbocycles. The molecule has 302 valence electrons. The van der Waals surface area contributed by atoms with Crippen molar-refractivity contribution in [3.8, 4) is 11.5 Å². The average Bonchev–Trinajstić information content (AvgIpc) is 3.15. The molecule has 0 radical (unpaired) electrons. The Morgan fingerprint density at radius 1 is 0.442 bits per heavy atom. The zero-order valence-corrected chi connectivity index (χ0v) is 34.2. The summed E-state index contributed by atoms with van der Waals surface area (Å²) in [5, 5.41) is 3.21. The van der Waals surface area contributed by atoms with Crippen LogP contribution in [-0.4, -0.2) is 45.4 Å². The van der Waals surface area contributed by atoms with Gasteiger partial charge in [-0.2, -0.15) is 0 Å². The molecule has 0 aromatic heterocycles. The largest absolute Gasteiger partial charge is 0.490 e. The average molecular weight is 732 g/mol. The molecule has 0 unspecified atom stereocenters. The number of esters is 2. The molecule has 0 fully saturated rings. The lowest BCUT2D eigenvalue weighted by Crippen LogP contribution is -2.05. The number of benzene rings is 1. The molecular weight excluding hydrogens is 650 g/mol. The van der Waals surface area contributed by atoms with E-state index >= 15 is 0 Å². The van der Waals surface area contributed by atoms with Crippen LogP contribution in [0.3, 0.4) is 0 Å². The Morgan fingerprint density at radius 2 is 0.788 bits per heavy atom. The van der Waals surface area contributed by atoms with E-state index in [0.29, 0.717) is 39.3 Å². The Labute approximate surface area is 320 Å². The number of rotatable bonds is 39. The van der Waals surface area contributed by atoms with Crippen LogP contribution in [0, 0.1) is 0 Å². The first kappa shape index (κ1) is 47.6. The van der Waals surface area contributed by atoms with E-state index in [9.17, 15) is 9.59 Å². The zero-order valence-electron chi connectivity index (χ0n) is 34.2. The van der Waals surface area contributed by atoms with Crippen LogP contribution in [0.5, 0.6) is 11.5 Å². The smallest absolute Gasteiger partial charge is 0.305 e. The van der Waals surface area contributed by atoms with Gasteiger partial charge in [0, 0.05) is 31.6 Å². The maximum absolute atomic E-state index is 11.9. The van der Waals surface area contributed by atoms with Gasteiger partial charge in [0.2, 0.25) is 0 Å². The summed E-state index contributed by atoms with van der Waals surface area (Å²) in [6, 6.07) is 6.09. The summed E-state index contributed by atoms with van der Waals surface area (Å²) in [6.07, 6.45) is 34.0. The summed E-state index contributed by atoms with van der Waals surface area (Å²) >= 11 is 0. The summed E-state index contributed by atoms with van der Waals surface area (Å²) in [6.45, 7) is 7.05. The highest BCUT2D eigenvalue weighted by atomic mass is 16.5. The minimum atomic E-state index is -0.0215. The third kappa shape index (κ3) is 30.1. The fraction of sp³-hybridized carbons (Fsp3) is 0.822. The molecule has 0 atom stereocenters. The number of unbranched alkanes of at least 4 members (excludes halogenated alkanes) is 24. The van der Waals surface area contributed by atoms with Gasteiger partial charge in [-0.05, 0) is 50.7 Å². The maximum atomic E-state index is 11.9. The molecule has 7 heteroatoms. The standard InChI is InChI=1S/C45H81NO6/c1-4-6-8-10-22-30-38-51-44(47)32-26-20-16-12-14-18-24-28-36-49-42-35-34-41(46-3)40-43(42)50-37-29-25-19-15-13-17-21-27-33-45(48)52-39-31-23-11-9-7-5-2/h34-35,40,46H,4-33,36-39H2,1-3H3. The highest BCUT2D eigenvalue weighted by molar-refractivity contribution is 5.69. The van der Waals surface area contributed by atoms with Crippen molar-refractivity contribution < 1.29 is 28.5 Å². The molecule has 0 aliphatic rings. The van der Waals surface area contributed by atoms with Gasteiger partial charge in [0.15, 0.2) is 11.5 Å². The van der Waals surface area contributed by atoms with Gasteiger partial charge in [-0.3, -0.25) is 9.59 Å². The van der Waals surface area contributed by atoms with E-state index < -0.39 is 0 Å². The molecule has 52 heavy (non-hydrogen) atoms. The van der Waals surface area contributed by atoms with Gasteiger partial charge in [-0.15, -0.1) is 0 Å². The fourth-order valence-electron chi connectivity index (χ4n) is 6.41. The third-order valence-corrected chi connectivity index (χ3v) is 9.82. The van der Waals surface area contributed by atoms with E-state index in [1.54, 1.807) is 0 Å². The number of carbonyl (C=O) groups excluding carboxylic acids is 2. The summed E-state index contributed by atoms with van der Waals surface area (Å²) < 4.78 is 23.1. The highest BCUT2D eigenvalue weighted by Crippen LogP contribution is 2.31. The number of nitrogens with one attached hydrogen (secondary N) is 1. The number of carbonyl (C=O) groups is 2. The molecule has 0 saturated heterocycles. The molecule has 1 aromatic carbocycles. The molecule has 1 aromatic rings. The Kier molecular flexibility index (Phi) is 33.8. The van der Waals surface area contributed by atoms with Crippen molar-refractivity contribution in [3.63, 3.8) is 0 Å². The van der Waals surface area contributed by atoms with Crippen molar-refractivity contribution in [1.29, 1.82) is 0 Å². The van der Waals surface area contributed by atoms with Crippen molar-refractivity contribution in [2.75, 3.05) is 38.8 Å². The summed E-state index contributed by atoms with van der Waals surface area (Å²) in [4.78, 5) is 23.8. The Hall–Kier alpha value is -2.44. The molecule has 0 heterocycles. The molecule has 7 nitrogen and oxygen atoms in total. The van der Waals surface area contributed by atoms with Crippen LogP contribution >= 0.6 is 0 Å². The van der Waals surface area contributed by atoms with E-state index in [1.807, 2.05) is 25.2 Å². The lowest BCUT2D eigenvalue weighted by atomic mass is 10.1. The molecule has 0 spiro atoms. The van der Waals surface area contributed by atoms with Crippen LogP contribution in [0.2, 0.25) is 0 Å². The summed E-state index contributed by atoms with van der Waals surface area (Å²) in [5.74, 6) is 1.61. The van der Waals surface area contributed by atoms with Crippen LogP contribution in [0.1, 0.15) is 206 Å². The van der Waals surface area contributed by atoms with E-state index in [0.717, 1.165) is 68.6 Å². The van der Waals surface area contributed by atoms with E-state index in [1.165, 1.54) is 128 Å². The number of ether oxygens (including phenoxy) is 4. The zero-order chi connectivity index (χ0) is 37.6. The van der Waals surface area contributed by atoms with Crippen molar-refractivity contribution in [2.45, 2.75) is 206 Å². The Morgan fingerprint density at radius 3 is 1.19 bits per heavy atom. The summed E-state index contributed by atoms with van der Waals surface area (Å²) in [5.41, 5.74) is 1.03. The van der Waals surface area contributed by atoms with E-state index in [4.69, 9.17) is 18.9 Å². The fourth-order valence-corrected chi connectivity index (χ4v) is 6.41. The van der Waals surface area contributed by atoms with Crippen molar-refractivity contribution in [2.24, 2.45) is 0 Å². The molecule has 1 rings (SSSR count). The SMILES string of the molecule is CCCCCCCCOC(=O)CCCCCCCCCCOc1ccc(NC)cc1OCCCCCCCCCCC(=O)OCCCCCCCC. The van der Waals surface area contributed by atoms with Gasteiger partial charge in [0.05, 0.1) is 26.4 Å². The first-order chi connectivity index (χ1) is 25.6. The number of anilines is 1. The van der Waals surface area contributed by atoms with Gasteiger partial charge in [-0.25, -0.2) is 0 Å². The van der Waals surface area contributed by atoms with E-state index in [2.05, 4.69) is 19.2 Å². The van der Waals surface area contributed by atoms with Gasteiger partial charge >= 0.3 is 11.9 Å². The summed E-state index contributed by atoms with van der Waals surface area (Å²) in [7, 11) is 1.93. The lowest BCUT2D eigenvalue weighted by molar-refractivity contribution is -0.144. The van der Waals surface area contributed by atoms with Gasteiger partial charge < -0.3 is 24.3 Å². The number of hydrogen-bond donors (Lipinski definition) is 1. The van der Waals surface area contributed by atoms with Crippen molar-refractivity contribution >= 4 is 17.6 Å². The second-order valence-electron chi connectivity index (χ2n) is 14.7. The molecule has 0 aliphatic heterocycles. The maximum Gasteiger partial charge on any atom is 0.305 e. The molecule has 1 N–H and O–H groups in total. The predicted octanol–water partition coefficient (Wildman–Crippen LogP) is 13.3. The topological polar surface area (TPSA) is 83.1 Å². The van der Waals surface area contributed by atoms with Crippen LogP contribution in [-0.2, 0) is 19.1 Å². The van der Waals surface area contributed by atoms with E-state index in [-0.39, 0.29) is 11.9 Å². The first-order valence-corrected chi connectivity index (χ1v) is 22.0. The molecular formula is C45H81NO6. The van der Waals surface area contributed by atoms with Crippen LogP contribution in [0.4, 0.5) is 5.69 Å². The van der Waals surface area contributed by atoms with Crippen molar-refractivity contribution in [1.82, 2.24) is 0 Å². The minimum Gasteiger partial charge on any atom is -0.490 e. The predicted molar refractivity (Wildman–Crippen MR) is 219 cm³/mol. The van der Waals surface area contributed by atoms with Gasteiger partial charge in [0.1, 0.15) is 0 Å². The second kappa shape index (κ2) is 36.9. The van der Waals surface area contributed by atoms with Gasteiger partial charge in [0.25, 0.3) is 0 Å². The second-order valence-corrected chi connectivity index (χ2v) is 14.7. The Balaban J connectivity index is 2.00. The quantitative estimate of drug-likeness (QED) is 0.0533. The minimum absolute atomic E-state index is 0.0211. The third-order valence-electron chi connectivity index (χ3n) is 9.82. The van der Waals surface area contributed by atoms with Crippen molar-refractivity contribution in [3.05, 3.63) is 18.2 Å². The highest BCUT2D eigenvalue weighted by Gasteiger charge is 2.08. The molecule has 0 bridgehead atoms. The van der Waals surface area contributed by atoms with Crippen LogP contribution < -0.4 is 14.8 Å². The van der Waals surface area contributed by atoms with Crippen LogP contribution in [0.25, 0.3) is 0 Å².